The van der Waals surface area contributed by atoms with E-state index < -0.39 is 28.3 Å². The maximum atomic E-state index is 12.9. The summed E-state index contributed by atoms with van der Waals surface area (Å²) in [6.07, 6.45) is 2.54. The van der Waals surface area contributed by atoms with Crippen molar-refractivity contribution in [1.82, 2.24) is 4.90 Å². The summed E-state index contributed by atoms with van der Waals surface area (Å²) in [5.74, 6) is -3.00. The number of hydrogen-bond acceptors (Lipinski definition) is 10. The van der Waals surface area contributed by atoms with E-state index in [0.717, 1.165) is 55.9 Å². The van der Waals surface area contributed by atoms with E-state index in [0.29, 0.717) is 29.8 Å². The molecule has 0 saturated carbocycles. The normalized spacial score (nSPS) is 14.3. The van der Waals surface area contributed by atoms with Gasteiger partial charge in [-0.05, 0) is 86.0 Å². The van der Waals surface area contributed by atoms with E-state index in [4.69, 9.17) is 16.0 Å². The molecule has 5 aromatic rings. The molecule has 0 atom stereocenters. The van der Waals surface area contributed by atoms with Gasteiger partial charge in [0, 0.05) is 47.8 Å². The average molecular weight is 678 g/mol. The van der Waals surface area contributed by atoms with Crippen molar-refractivity contribution in [3.05, 3.63) is 111 Å². The number of halogens is 2. The number of phenols is 4. The van der Waals surface area contributed by atoms with Gasteiger partial charge in [-0.25, -0.2) is 4.39 Å². The molecule has 12 heteroatoms. The molecule has 4 aromatic carbocycles. The number of carbonyl (C=O) groups excluding carboxylic acids is 1. The lowest BCUT2D eigenvalue weighted by molar-refractivity contribution is -0.0260. The number of ketones is 1. The minimum Gasteiger partial charge on any atom is -0.508 e. The van der Waals surface area contributed by atoms with E-state index in [9.17, 15) is 44.6 Å². The number of phenolic OH excluding ortho intramolecular Hbond substituents is 4. The maximum absolute atomic E-state index is 12.9. The topological polar surface area (TPSA) is 172 Å². The van der Waals surface area contributed by atoms with Crippen LogP contribution in [-0.4, -0.2) is 61.0 Å². The predicted octanol–water partition coefficient (Wildman–Crippen LogP) is 6.41. The van der Waals surface area contributed by atoms with Gasteiger partial charge >= 0.3 is 0 Å². The first kappa shape index (κ1) is 34.2. The molecule has 0 radical (unpaired) electrons. The molecular weight excluding hydrogens is 645 g/mol. The maximum Gasteiger partial charge on any atom is 0.238 e. The van der Waals surface area contributed by atoms with Crippen LogP contribution in [0.5, 0.6) is 28.7 Å². The van der Waals surface area contributed by atoms with Gasteiger partial charge in [-0.1, -0.05) is 23.7 Å². The highest BCUT2D eigenvalue weighted by Gasteiger charge is 2.33. The SMILES string of the molecule is O=C(CCCN1CCC(O)(c2ccc(Cl)cc2)CC1)c1ccc(F)cc1.O=c1c(O)c(-c2ccc(O)c(O)c2)oc2cc(O)cc(O)c12. The highest BCUT2D eigenvalue weighted by molar-refractivity contribution is 6.30. The molecule has 250 valence electrons. The second kappa shape index (κ2) is 14.3. The molecule has 0 unspecified atom stereocenters. The number of aromatic hydroxyl groups is 5. The Balaban J connectivity index is 0.000000190. The molecule has 48 heavy (non-hydrogen) atoms. The zero-order valence-electron chi connectivity index (χ0n) is 25.6. The van der Waals surface area contributed by atoms with Gasteiger partial charge in [-0.15, -0.1) is 0 Å². The number of hydrogen-bond donors (Lipinski definition) is 6. The Hall–Kier alpha value is -5.10. The standard InChI is InChI=1S/C21H23ClFNO2.C15H10O7/c22-18-7-5-17(6-8-18)21(26)11-14-24(15-12-21)13-1-2-20(25)16-3-9-19(23)10-4-16;16-7-4-10(19)12-11(5-7)22-15(14(21)13(12)20)6-1-2-8(17)9(18)3-6/h3-10,26H,1-2,11-15H2;1-5,16-19,21H. The molecule has 0 bridgehead atoms. The molecule has 2 heterocycles. The number of aliphatic hydroxyl groups is 1. The molecule has 1 aliphatic rings. The van der Waals surface area contributed by atoms with Gasteiger partial charge in [0.25, 0.3) is 0 Å². The summed E-state index contributed by atoms with van der Waals surface area (Å²) >= 11 is 5.92. The predicted molar refractivity (Wildman–Crippen MR) is 177 cm³/mol. The quantitative estimate of drug-likeness (QED) is 0.0835. The zero-order chi connectivity index (χ0) is 34.6. The molecular formula is C36H33ClFNO9. The molecule has 1 aromatic heterocycles. The number of nitrogens with zero attached hydrogens (tertiary/aromatic N) is 1. The van der Waals surface area contributed by atoms with Crippen molar-refractivity contribution in [2.24, 2.45) is 0 Å². The van der Waals surface area contributed by atoms with Crippen LogP contribution in [0.25, 0.3) is 22.3 Å². The van der Waals surface area contributed by atoms with Gasteiger partial charge in [-0.3, -0.25) is 9.59 Å². The summed E-state index contributed by atoms with van der Waals surface area (Å²) in [4.78, 5) is 26.5. The van der Waals surface area contributed by atoms with Gasteiger partial charge in [0.2, 0.25) is 11.2 Å². The van der Waals surface area contributed by atoms with E-state index in [1.54, 1.807) is 0 Å². The van der Waals surface area contributed by atoms with Crippen LogP contribution in [0.4, 0.5) is 4.39 Å². The van der Waals surface area contributed by atoms with Crippen LogP contribution in [-0.2, 0) is 5.60 Å². The monoisotopic (exact) mass is 677 g/mol. The lowest BCUT2D eigenvalue weighted by atomic mass is 9.84. The van der Waals surface area contributed by atoms with Crippen molar-refractivity contribution >= 4 is 28.4 Å². The Kier molecular flexibility index (Phi) is 10.2. The van der Waals surface area contributed by atoms with Crippen LogP contribution >= 0.6 is 11.6 Å². The first-order valence-electron chi connectivity index (χ1n) is 15.1. The summed E-state index contributed by atoms with van der Waals surface area (Å²) in [6, 6.07) is 18.7. The molecule has 1 saturated heterocycles. The van der Waals surface area contributed by atoms with Crippen molar-refractivity contribution in [3.8, 4) is 40.1 Å². The lowest BCUT2D eigenvalue weighted by Gasteiger charge is -2.38. The van der Waals surface area contributed by atoms with Crippen molar-refractivity contribution in [1.29, 1.82) is 0 Å². The van der Waals surface area contributed by atoms with Crippen molar-refractivity contribution in [2.75, 3.05) is 19.6 Å². The fourth-order valence-electron chi connectivity index (χ4n) is 5.57. The summed E-state index contributed by atoms with van der Waals surface area (Å²) in [6.45, 7) is 2.41. The fraction of sp³-hybridized carbons (Fsp3) is 0.222. The Bertz CT molecular complexity index is 1990. The van der Waals surface area contributed by atoms with E-state index in [1.165, 1.54) is 30.3 Å². The smallest absolute Gasteiger partial charge is 0.238 e. The summed E-state index contributed by atoms with van der Waals surface area (Å²) in [5, 5.41) is 59.2. The Morgan fingerprint density at radius 3 is 2.17 bits per heavy atom. The number of rotatable bonds is 7. The number of fused-ring (bicyclic) bond motifs is 1. The van der Waals surface area contributed by atoms with Crippen molar-refractivity contribution < 1.29 is 44.2 Å². The molecule has 1 fully saturated rings. The number of likely N-dealkylation sites (tertiary alicyclic amines) is 1. The van der Waals surface area contributed by atoms with Crippen LogP contribution in [0.15, 0.2) is 88.1 Å². The second-order valence-corrected chi connectivity index (χ2v) is 12.0. The molecule has 6 rings (SSSR count). The highest BCUT2D eigenvalue weighted by Crippen LogP contribution is 2.38. The van der Waals surface area contributed by atoms with Gasteiger partial charge in [0.05, 0.1) is 5.60 Å². The van der Waals surface area contributed by atoms with Gasteiger partial charge in [0.15, 0.2) is 23.0 Å². The minimum absolute atomic E-state index is 0.0414. The van der Waals surface area contributed by atoms with Crippen molar-refractivity contribution in [2.45, 2.75) is 31.3 Å². The molecule has 6 N–H and O–H groups in total. The first-order valence-corrected chi connectivity index (χ1v) is 15.5. The van der Waals surface area contributed by atoms with Crippen LogP contribution in [0, 0.1) is 5.82 Å². The van der Waals surface area contributed by atoms with Gasteiger partial charge < -0.3 is 40.0 Å². The summed E-state index contributed by atoms with van der Waals surface area (Å²) in [5.41, 5.74) is -0.223. The van der Waals surface area contributed by atoms with E-state index >= 15 is 0 Å². The number of piperidine rings is 1. The van der Waals surface area contributed by atoms with E-state index in [2.05, 4.69) is 4.90 Å². The molecule has 0 spiro atoms. The summed E-state index contributed by atoms with van der Waals surface area (Å²) < 4.78 is 18.3. The van der Waals surface area contributed by atoms with Crippen LogP contribution in [0.3, 0.4) is 0 Å². The first-order chi connectivity index (χ1) is 22.8. The Labute approximate surface area is 279 Å². The number of benzene rings is 4. The molecule has 1 aliphatic heterocycles. The number of Topliss-reactive ketones (excluding diaryl/α,β-unsaturated/α-hetero) is 1. The van der Waals surface area contributed by atoms with Crippen LogP contribution in [0.1, 0.15) is 41.6 Å². The van der Waals surface area contributed by atoms with Crippen molar-refractivity contribution in [3.63, 3.8) is 0 Å². The Morgan fingerprint density at radius 2 is 1.52 bits per heavy atom. The second-order valence-electron chi connectivity index (χ2n) is 11.6. The fourth-order valence-corrected chi connectivity index (χ4v) is 5.70. The third-order valence-corrected chi connectivity index (χ3v) is 8.53. The zero-order valence-corrected chi connectivity index (χ0v) is 26.3. The summed E-state index contributed by atoms with van der Waals surface area (Å²) in [7, 11) is 0. The third kappa shape index (κ3) is 7.71. The lowest BCUT2D eigenvalue weighted by Crippen LogP contribution is -2.42. The van der Waals surface area contributed by atoms with Crippen LogP contribution in [0.2, 0.25) is 5.02 Å². The van der Waals surface area contributed by atoms with Crippen LogP contribution < -0.4 is 5.43 Å². The minimum atomic E-state index is -0.888. The molecule has 10 nitrogen and oxygen atoms in total. The molecule has 0 aliphatic carbocycles. The van der Waals surface area contributed by atoms with E-state index in [-0.39, 0.29) is 45.4 Å². The Morgan fingerprint density at radius 1 is 0.854 bits per heavy atom. The largest absolute Gasteiger partial charge is 0.508 e. The highest BCUT2D eigenvalue weighted by atomic mass is 35.5. The third-order valence-electron chi connectivity index (χ3n) is 8.28. The average Bonchev–Trinajstić information content (AvgIpc) is 3.05. The van der Waals surface area contributed by atoms with Gasteiger partial charge in [-0.2, -0.15) is 0 Å². The molecule has 0 amide bonds. The van der Waals surface area contributed by atoms with E-state index in [1.807, 2.05) is 24.3 Å². The number of carbonyl (C=O) groups is 1. The van der Waals surface area contributed by atoms with Gasteiger partial charge in [0.1, 0.15) is 28.3 Å².